The minimum atomic E-state index is -4.11. The second kappa shape index (κ2) is 3.01. The van der Waals surface area contributed by atoms with Gasteiger partial charge in [0.2, 0.25) is 0 Å². The number of nitrogens with two attached hydrogens (primary N) is 1. The molecule has 0 aromatic carbocycles. The molecule has 0 amide bonds. The molecule has 0 rings (SSSR count). The zero-order valence-corrected chi connectivity index (χ0v) is 7.14. The first-order valence-corrected chi connectivity index (χ1v) is 4.77. The van der Waals surface area contributed by atoms with Crippen LogP contribution in [0.25, 0.3) is 0 Å². The molecule has 0 fully saturated rings. The molecule has 0 aliphatic rings. The van der Waals surface area contributed by atoms with E-state index in [9.17, 15) is 4.57 Å². The Labute approximate surface area is 60.6 Å². The SMILES string of the molecule is CCCC(C)(N)P(=O)(O)O. The summed E-state index contributed by atoms with van der Waals surface area (Å²) in [6.07, 6.45) is 1.02. The topological polar surface area (TPSA) is 83.6 Å². The molecule has 0 aromatic heterocycles. The molecule has 0 aromatic rings. The maximum atomic E-state index is 10.6. The molecule has 0 aliphatic heterocycles. The number of hydrogen-bond donors (Lipinski definition) is 3. The van der Waals surface area contributed by atoms with Gasteiger partial charge in [-0.3, -0.25) is 4.57 Å². The standard InChI is InChI=1S/C5H14NO3P/c1-3-4-5(2,6)10(7,8)9/h3-4,6H2,1-2H3,(H2,7,8,9). The normalized spacial score (nSPS) is 18.5. The van der Waals surface area contributed by atoms with Crippen LogP contribution < -0.4 is 5.73 Å². The summed E-state index contributed by atoms with van der Waals surface area (Å²) in [5, 5.41) is -1.35. The van der Waals surface area contributed by atoms with Gasteiger partial charge in [0.1, 0.15) is 5.28 Å². The van der Waals surface area contributed by atoms with E-state index in [0.29, 0.717) is 12.8 Å². The fourth-order valence-electron chi connectivity index (χ4n) is 0.652. The summed E-state index contributed by atoms with van der Waals surface area (Å²) in [5.41, 5.74) is 5.34. The lowest BCUT2D eigenvalue weighted by Crippen LogP contribution is -2.35. The summed E-state index contributed by atoms with van der Waals surface area (Å²) in [5.74, 6) is 0. The molecule has 1 unspecified atom stereocenters. The molecule has 5 heteroatoms. The molecule has 10 heavy (non-hydrogen) atoms. The average Bonchev–Trinajstić information content (AvgIpc) is 1.61. The Hall–Kier alpha value is 0.110. The van der Waals surface area contributed by atoms with Crippen molar-refractivity contribution in [3.05, 3.63) is 0 Å². The molecule has 1 atom stereocenters. The molecule has 0 saturated heterocycles. The second-order valence-corrected chi connectivity index (χ2v) is 4.76. The molecule has 0 bridgehead atoms. The highest BCUT2D eigenvalue weighted by atomic mass is 31.2. The average molecular weight is 167 g/mol. The molecular weight excluding hydrogens is 153 g/mol. The van der Waals surface area contributed by atoms with E-state index in [0.717, 1.165) is 0 Å². The molecule has 4 nitrogen and oxygen atoms in total. The predicted octanol–water partition coefficient (Wildman–Crippen LogP) is 0.639. The van der Waals surface area contributed by atoms with Gasteiger partial charge >= 0.3 is 7.60 Å². The van der Waals surface area contributed by atoms with Crippen LogP contribution in [0.4, 0.5) is 0 Å². The highest BCUT2D eigenvalue weighted by Crippen LogP contribution is 2.48. The highest BCUT2D eigenvalue weighted by molar-refractivity contribution is 7.53. The van der Waals surface area contributed by atoms with Crippen molar-refractivity contribution in [3.63, 3.8) is 0 Å². The lowest BCUT2D eigenvalue weighted by Gasteiger charge is -2.24. The Balaban J connectivity index is 4.25. The molecule has 0 saturated carbocycles. The van der Waals surface area contributed by atoms with Crippen molar-refractivity contribution in [2.45, 2.75) is 32.0 Å². The van der Waals surface area contributed by atoms with E-state index < -0.39 is 12.9 Å². The van der Waals surface area contributed by atoms with Crippen molar-refractivity contribution in [1.29, 1.82) is 0 Å². The third-order valence-corrected chi connectivity index (χ3v) is 2.98. The first-order valence-electron chi connectivity index (χ1n) is 3.16. The Kier molecular flexibility index (Phi) is 3.04. The Morgan fingerprint density at radius 3 is 2.10 bits per heavy atom. The van der Waals surface area contributed by atoms with Crippen molar-refractivity contribution < 1.29 is 14.4 Å². The summed E-state index contributed by atoms with van der Waals surface area (Å²) >= 11 is 0. The summed E-state index contributed by atoms with van der Waals surface area (Å²) in [6.45, 7) is 3.21. The molecule has 62 valence electrons. The minimum Gasteiger partial charge on any atom is -0.323 e. The van der Waals surface area contributed by atoms with Crippen molar-refractivity contribution in [2.75, 3.05) is 0 Å². The molecule has 0 radical (unpaired) electrons. The van der Waals surface area contributed by atoms with Gasteiger partial charge in [-0.15, -0.1) is 0 Å². The first kappa shape index (κ1) is 10.1. The summed E-state index contributed by atoms with van der Waals surface area (Å²) in [6, 6.07) is 0. The van der Waals surface area contributed by atoms with E-state index in [4.69, 9.17) is 15.5 Å². The second-order valence-electron chi connectivity index (χ2n) is 2.65. The van der Waals surface area contributed by atoms with Crippen LogP contribution in [0.2, 0.25) is 0 Å². The van der Waals surface area contributed by atoms with E-state index in [1.807, 2.05) is 6.92 Å². The van der Waals surface area contributed by atoms with Crippen LogP contribution in [0.15, 0.2) is 0 Å². The highest BCUT2D eigenvalue weighted by Gasteiger charge is 2.37. The van der Waals surface area contributed by atoms with Gasteiger partial charge in [0.05, 0.1) is 0 Å². The van der Waals surface area contributed by atoms with Crippen LogP contribution >= 0.6 is 7.60 Å². The number of rotatable bonds is 3. The molecule has 0 aliphatic carbocycles. The monoisotopic (exact) mass is 167 g/mol. The third kappa shape index (κ3) is 2.39. The lowest BCUT2D eigenvalue weighted by molar-refractivity contribution is 0.324. The molecule has 0 heterocycles. The van der Waals surface area contributed by atoms with Crippen LogP contribution in [0, 0.1) is 0 Å². The third-order valence-electron chi connectivity index (χ3n) is 1.42. The van der Waals surface area contributed by atoms with Crippen molar-refractivity contribution in [2.24, 2.45) is 5.73 Å². The van der Waals surface area contributed by atoms with Crippen molar-refractivity contribution >= 4 is 7.60 Å². The van der Waals surface area contributed by atoms with Crippen molar-refractivity contribution in [3.8, 4) is 0 Å². The van der Waals surface area contributed by atoms with E-state index in [-0.39, 0.29) is 0 Å². The molecule has 0 spiro atoms. The van der Waals surface area contributed by atoms with Crippen LogP contribution in [-0.4, -0.2) is 15.1 Å². The summed E-state index contributed by atoms with van der Waals surface area (Å²) < 4.78 is 10.6. The van der Waals surface area contributed by atoms with Gasteiger partial charge in [-0.25, -0.2) is 0 Å². The fraction of sp³-hybridized carbons (Fsp3) is 1.00. The van der Waals surface area contributed by atoms with Gasteiger partial charge in [-0.1, -0.05) is 13.3 Å². The van der Waals surface area contributed by atoms with Gasteiger partial charge in [-0.05, 0) is 13.3 Å². The maximum absolute atomic E-state index is 10.6. The van der Waals surface area contributed by atoms with Gasteiger partial charge in [0, 0.05) is 0 Å². The largest absolute Gasteiger partial charge is 0.344 e. The number of hydrogen-bond acceptors (Lipinski definition) is 2. The van der Waals surface area contributed by atoms with Gasteiger partial charge in [0.25, 0.3) is 0 Å². The van der Waals surface area contributed by atoms with Crippen molar-refractivity contribution in [1.82, 2.24) is 0 Å². The quantitative estimate of drug-likeness (QED) is 0.538. The zero-order chi connectivity index (χ0) is 8.41. The molecular formula is C5H14NO3P. The van der Waals surface area contributed by atoms with Gasteiger partial charge in [0.15, 0.2) is 0 Å². The summed E-state index contributed by atoms with van der Waals surface area (Å²) in [4.78, 5) is 17.3. The van der Waals surface area contributed by atoms with E-state index in [1.165, 1.54) is 6.92 Å². The first-order chi connectivity index (χ1) is 4.31. The van der Waals surface area contributed by atoms with E-state index >= 15 is 0 Å². The van der Waals surface area contributed by atoms with E-state index in [1.54, 1.807) is 0 Å². The van der Waals surface area contributed by atoms with Gasteiger partial charge < -0.3 is 15.5 Å². The smallest absolute Gasteiger partial charge is 0.323 e. The maximum Gasteiger partial charge on any atom is 0.344 e. The Bertz CT molecular complexity index is 151. The minimum absolute atomic E-state index is 0.345. The zero-order valence-electron chi connectivity index (χ0n) is 6.24. The van der Waals surface area contributed by atoms with Crippen LogP contribution in [0.3, 0.4) is 0 Å². The van der Waals surface area contributed by atoms with Crippen LogP contribution in [0.5, 0.6) is 0 Å². The Morgan fingerprint density at radius 2 is 2.00 bits per heavy atom. The fourth-order valence-corrected chi connectivity index (χ4v) is 1.17. The van der Waals surface area contributed by atoms with Crippen LogP contribution in [0.1, 0.15) is 26.7 Å². The van der Waals surface area contributed by atoms with E-state index in [2.05, 4.69) is 0 Å². The predicted molar refractivity (Wildman–Crippen MR) is 39.5 cm³/mol. The Morgan fingerprint density at radius 1 is 1.60 bits per heavy atom. The van der Waals surface area contributed by atoms with Crippen LogP contribution in [-0.2, 0) is 4.57 Å². The molecule has 4 N–H and O–H groups in total. The lowest BCUT2D eigenvalue weighted by atomic mass is 10.2. The van der Waals surface area contributed by atoms with Gasteiger partial charge in [-0.2, -0.15) is 0 Å². The summed E-state index contributed by atoms with van der Waals surface area (Å²) in [7, 11) is -4.11.